The van der Waals surface area contributed by atoms with Gasteiger partial charge in [-0.15, -0.1) is 0 Å². The Hall–Kier alpha value is -0.0536. The second kappa shape index (κ2) is 22.2. The Balaban J connectivity index is -0.0000000566. The Morgan fingerprint density at radius 1 is 1.22 bits per heavy atom. The van der Waals surface area contributed by atoms with Crippen LogP contribution >= 0.6 is 0 Å². The predicted molar refractivity (Wildman–Crippen MR) is 67.9 cm³/mol. The predicted octanol–water partition coefficient (Wildman–Crippen LogP) is -1.98. The molecule has 0 aliphatic rings. The largest absolute Gasteiger partial charge is 1.00 e. The molecule has 0 spiro atoms. The first-order valence-electron chi connectivity index (χ1n) is 4.32. The third-order valence-corrected chi connectivity index (χ3v) is 1.24. The fourth-order valence-electron chi connectivity index (χ4n) is 0.318. The summed E-state index contributed by atoms with van der Waals surface area (Å²) in [5, 5.41) is 8.16. The van der Waals surface area contributed by atoms with Gasteiger partial charge in [0.05, 0.1) is 6.61 Å². The van der Waals surface area contributed by atoms with Gasteiger partial charge in [0.15, 0.2) is 0 Å². The van der Waals surface area contributed by atoms with Gasteiger partial charge < -0.3 is 20.8 Å². The molecule has 4 N–H and O–H groups in total. The Bertz CT molecular complexity index is 261. The molecule has 0 aromatic rings. The van der Waals surface area contributed by atoms with Crippen molar-refractivity contribution in [3.8, 4) is 0 Å². The molecular weight excluding hydrogens is 263 g/mol. The Kier molecular flexibility index (Phi) is 37.8. The van der Waals surface area contributed by atoms with Crippen molar-refractivity contribution in [2.24, 2.45) is 0 Å². The quantitative estimate of drug-likeness (QED) is 0.358. The summed E-state index contributed by atoms with van der Waals surface area (Å²) < 4.78 is 4.58. The molecule has 0 saturated carbocycles. The molecule has 5 nitrogen and oxygen atoms in total. The van der Waals surface area contributed by atoms with E-state index >= 15 is 0 Å². The summed E-state index contributed by atoms with van der Waals surface area (Å²) >= 11 is 0. The zero-order valence-electron chi connectivity index (χ0n) is 11.1. The van der Waals surface area contributed by atoms with Gasteiger partial charge in [-0.3, -0.25) is 4.79 Å². The van der Waals surface area contributed by atoms with E-state index in [9.17, 15) is 4.79 Å². The van der Waals surface area contributed by atoms with Crippen LogP contribution in [0.2, 0.25) is 0 Å². The molecular formula is C12H21KO5. The van der Waals surface area contributed by atoms with E-state index in [4.69, 9.17) is 5.11 Å². The Morgan fingerprint density at radius 3 is 1.78 bits per heavy atom. The van der Waals surface area contributed by atoms with E-state index in [1.165, 1.54) is 13.0 Å². The van der Waals surface area contributed by atoms with Gasteiger partial charge in [0, 0.05) is 6.92 Å². The van der Waals surface area contributed by atoms with Crippen molar-refractivity contribution < 1.29 is 77.0 Å². The fourth-order valence-corrected chi connectivity index (χ4v) is 0.318. The van der Waals surface area contributed by atoms with E-state index in [2.05, 4.69) is 31.1 Å². The van der Waals surface area contributed by atoms with Crippen LogP contribution in [0.4, 0.5) is 0 Å². The molecule has 0 saturated heterocycles. The molecule has 0 unspecified atom stereocenters. The zero-order valence-corrected chi connectivity index (χ0v) is 14.2. The molecule has 0 aliphatic heterocycles. The van der Waals surface area contributed by atoms with Crippen molar-refractivity contribution in [3.05, 3.63) is 49.6 Å². The van der Waals surface area contributed by atoms with Gasteiger partial charge >= 0.3 is 57.4 Å². The summed E-state index contributed by atoms with van der Waals surface area (Å²) in [5.41, 5.74) is 1.38. The maximum Gasteiger partial charge on any atom is 1.00 e. The van der Waals surface area contributed by atoms with E-state index < -0.39 is 0 Å². The van der Waals surface area contributed by atoms with Crippen molar-refractivity contribution in [1.29, 1.82) is 0 Å². The van der Waals surface area contributed by atoms with Crippen LogP contribution in [0.5, 0.6) is 0 Å². The summed E-state index contributed by atoms with van der Waals surface area (Å²) in [7, 11) is 0. The van der Waals surface area contributed by atoms with Crippen LogP contribution in [-0.4, -0.2) is 35.2 Å². The molecule has 0 atom stereocenters. The van der Waals surface area contributed by atoms with Crippen molar-refractivity contribution >= 4 is 5.97 Å². The van der Waals surface area contributed by atoms with E-state index in [0.29, 0.717) is 11.1 Å². The SMILES string of the molecule is C=CC(=C)CO.C=CC(=C)COC(C)=O.O.[K+].[OH-]. The monoisotopic (exact) mass is 284 g/mol. The number of hydrogen-bond acceptors (Lipinski definition) is 4. The molecule has 0 aromatic heterocycles. The molecule has 0 aliphatic carbocycles. The Labute approximate surface area is 151 Å². The Morgan fingerprint density at radius 2 is 1.61 bits per heavy atom. The fraction of sp³-hybridized carbons (Fsp3) is 0.250. The number of hydrogen-bond donors (Lipinski definition) is 1. The minimum atomic E-state index is -0.294. The number of aliphatic hydroxyl groups excluding tert-OH is 1. The van der Waals surface area contributed by atoms with E-state index in [-0.39, 0.29) is 81.5 Å². The second-order valence-electron chi connectivity index (χ2n) is 2.66. The summed E-state index contributed by atoms with van der Waals surface area (Å²) in [5.74, 6) is -0.294. The van der Waals surface area contributed by atoms with Crippen molar-refractivity contribution in [2.75, 3.05) is 13.2 Å². The summed E-state index contributed by atoms with van der Waals surface area (Å²) in [6.45, 7) is 15.4. The molecule has 100 valence electrons. The number of carbonyl (C=O) groups excluding carboxylic acids is 1. The van der Waals surface area contributed by atoms with Gasteiger partial charge in [-0.1, -0.05) is 38.5 Å². The van der Waals surface area contributed by atoms with Crippen LogP contribution < -0.4 is 51.4 Å². The van der Waals surface area contributed by atoms with Gasteiger partial charge in [-0.05, 0) is 11.1 Å². The minimum Gasteiger partial charge on any atom is -0.870 e. The standard InChI is InChI=1S/C7H10O2.C5H8O.K.2H2O/c1-4-6(2)5-9-7(3)8;1-3-5(2)4-6;;;/h4H,1-2,5H2,3H3;3,6H,1-2,4H2;;2*1H2/q;;+1;;/p-1. The molecule has 0 amide bonds. The average molecular weight is 284 g/mol. The first-order valence-corrected chi connectivity index (χ1v) is 4.32. The molecule has 0 rings (SSSR count). The number of carbonyl (C=O) groups is 1. The number of esters is 1. The molecule has 6 heteroatoms. The van der Waals surface area contributed by atoms with Crippen LogP contribution in [0.25, 0.3) is 0 Å². The van der Waals surface area contributed by atoms with Crippen LogP contribution in [-0.2, 0) is 9.53 Å². The van der Waals surface area contributed by atoms with Gasteiger partial charge in [-0.2, -0.15) is 0 Å². The number of rotatable bonds is 5. The maximum absolute atomic E-state index is 10.2. The van der Waals surface area contributed by atoms with E-state index in [1.54, 1.807) is 6.08 Å². The van der Waals surface area contributed by atoms with E-state index in [0.717, 1.165) is 0 Å². The zero-order chi connectivity index (χ0) is 12.3. The van der Waals surface area contributed by atoms with Crippen LogP contribution in [0.15, 0.2) is 49.6 Å². The first-order chi connectivity index (χ1) is 6.97. The van der Waals surface area contributed by atoms with Crippen molar-refractivity contribution in [3.63, 3.8) is 0 Å². The van der Waals surface area contributed by atoms with E-state index in [1.807, 2.05) is 0 Å². The third-order valence-electron chi connectivity index (χ3n) is 1.24. The topological polar surface area (TPSA) is 108 Å². The van der Waals surface area contributed by atoms with Gasteiger partial charge in [-0.25, -0.2) is 0 Å². The molecule has 0 aromatic carbocycles. The second-order valence-corrected chi connectivity index (χ2v) is 2.66. The third kappa shape index (κ3) is 29.7. The first kappa shape index (κ1) is 30.7. The summed E-state index contributed by atoms with van der Waals surface area (Å²) in [4.78, 5) is 10.2. The average Bonchev–Trinajstić information content (AvgIpc) is 2.25. The summed E-state index contributed by atoms with van der Waals surface area (Å²) in [6.07, 6.45) is 3.09. The molecule has 0 radical (unpaired) electrons. The van der Waals surface area contributed by atoms with Gasteiger partial charge in [0.1, 0.15) is 6.61 Å². The molecule has 0 fully saturated rings. The number of aliphatic hydroxyl groups is 1. The van der Waals surface area contributed by atoms with Crippen LogP contribution in [0.3, 0.4) is 0 Å². The minimum absolute atomic E-state index is 0. The summed E-state index contributed by atoms with van der Waals surface area (Å²) in [6, 6.07) is 0. The molecule has 18 heavy (non-hydrogen) atoms. The van der Waals surface area contributed by atoms with Crippen LogP contribution in [0.1, 0.15) is 6.92 Å². The molecule has 0 heterocycles. The van der Waals surface area contributed by atoms with Crippen molar-refractivity contribution in [1.82, 2.24) is 0 Å². The maximum atomic E-state index is 10.2. The van der Waals surface area contributed by atoms with Crippen molar-refractivity contribution in [2.45, 2.75) is 6.92 Å². The smallest absolute Gasteiger partial charge is 0.870 e. The van der Waals surface area contributed by atoms with Gasteiger partial charge in [0.25, 0.3) is 0 Å². The van der Waals surface area contributed by atoms with Gasteiger partial charge in [0.2, 0.25) is 0 Å². The normalized spacial score (nSPS) is 6.56. The van der Waals surface area contributed by atoms with Crippen LogP contribution in [0, 0.1) is 0 Å². The molecule has 0 bridgehead atoms. The number of ether oxygens (including phenoxy) is 1.